The van der Waals surface area contributed by atoms with Crippen molar-refractivity contribution in [2.24, 2.45) is 16.5 Å². The second-order valence-corrected chi connectivity index (χ2v) is 9.56. The minimum absolute atomic E-state index is 0.0439. The Hall–Kier alpha value is -2.40. The van der Waals surface area contributed by atoms with Crippen LogP contribution in [0.2, 0.25) is 0 Å². The number of nitrogens with zero attached hydrogens (tertiary/aromatic N) is 3. The smallest absolute Gasteiger partial charge is 0.289 e. The highest BCUT2D eigenvalue weighted by atomic mass is 32.2. The lowest BCUT2D eigenvalue weighted by Crippen LogP contribution is -2.26. The summed E-state index contributed by atoms with van der Waals surface area (Å²) >= 11 is 0. The number of aromatic nitrogens is 3. The molecule has 29 heavy (non-hydrogen) atoms. The highest BCUT2D eigenvalue weighted by molar-refractivity contribution is 7.89. The predicted octanol–water partition coefficient (Wildman–Crippen LogP) is 2.40. The largest absolute Gasteiger partial charge is 0.321 e. The van der Waals surface area contributed by atoms with Crippen LogP contribution < -0.4 is 10.5 Å². The van der Waals surface area contributed by atoms with E-state index in [9.17, 15) is 22.0 Å². The molecule has 156 valence electrons. The molecular weight excluding hydrogens is 404 g/mol. The fourth-order valence-electron chi connectivity index (χ4n) is 4.17. The van der Waals surface area contributed by atoms with E-state index in [-0.39, 0.29) is 22.4 Å². The maximum absolute atomic E-state index is 14.0. The third-order valence-electron chi connectivity index (χ3n) is 5.92. The molecule has 0 aliphatic heterocycles. The predicted molar refractivity (Wildman–Crippen MR) is 99.9 cm³/mol. The Morgan fingerprint density at radius 1 is 1.48 bits per heavy atom. The van der Waals surface area contributed by atoms with E-state index in [1.807, 2.05) is 0 Å². The van der Waals surface area contributed by atoms with E-state index in [0.29, 0.717) is 12.5 Å². The van der Waals surface area contributed by atoms with Gasteiger partial charge in [0.25, 0.3) is 21.9 Å². The van der Waals surface area contributed by atoms with Gasteiger partial charge in [-0.2, -0.15) is 13.9 Å². The number of hydrogen-bond donors (Lipinski definition) is 2. The standard InChI is InChI=1S/C18H21F2N5O3S/c1-10-14(16(26)23-12-4-6-22-13(7-12)29(21,27)28)25(24-15(10)17(2,19)20)9-18-5-3-11(18)8-18/h4,6-7,11H,3,5,8-9H2,1-2H3,(H2,21,27,28)(H,22,23,26). The van der Waals surface area contributed by atoms with Gasteiger partial charge >= 0.3 is 0 Å². The van der Waals surface area contributed by atoms with Crippen molar-refractivity contribution in [3.8, 4) is 0 Å². The molecule has 2 aromatic heterocycles. The van der Waals surface area contributed by atoms with Crippen LogP contribution in [0, 0.1) is 18.3 Å². The summed E-state index contributed by atoms with van der Waals surface area (Å²) in [6.07, 6.45) is 4.32. The Balaban J connectivity index is 1.68. The minimum atomic E-state index is -4.05. The molecule has 2 aromatic rings. The number of primary sulfonamides is 1. The molecule has 2 atom stereocenters. The first-order valence-electron chi connectivity index (χ1n) is 9.17. The summed E-state index contributed by atoms with van der Waals surface area (Å²) in [5.74, 6) is -3.27. The first kappa shape index (κ1) is 19.9. The van der Waals surface area contributed by atoms with Crippen molar-refractivity contribution in [2.75, 3.05) is 5.32 Å². The van der Waals surface area contributed by atoms with Gasteiger partial charge in [-0.15, -0.1) is 0 Å². The molecule has 0 aromatic carbocycles. The molecular formula is C18H21F2N5O3S. The number of carbonyl (C=O) groups excluding carboxylic acids is 1. The third kappa shape index (κ3) is 3.52. The van der Waals surface area contributed by atoms with Gasteiger partial charge in [-0.3, -0.25) is 9.48 Å². The summed E-state index contributed by atoms with van der Waals surface area (Å²) in [6, 6.07) is 2.50. The molecule has 2 saturated carbocycles. The van der Waals surface area contributed by atoms with Gasteiger partial charge in [0.05, 0.1) is 0 Å². The topological polar surface area (TPSA) is 120 Å². The molecule has 2 aliphatic carbocycles. The van der Waals surface area contributed by atoms with Crippen LogP contribution in [0.3, 0.4) is 0 Å². The molecule has 0 radical (unpaired) electrons. The first-order valence-corrected chi connectivity index (χ1v) is 10.7. The number of hydrogen-bond acceptors (Lipinski definition) is 5. The first-order chi connectivity index (χ1) is 13.4. The Morgan fingerprint density at radius 2 is 2.21 bits per heavy atom. The molecule has 0 bridgehead atoms. The van der Waals surface area contributed by atoms with Crippen molar-refractivity contribution in [3.05, 3.63) is 35.3 Å². The number of carbonyl (C=O) groups is 1. The number of halogens is 2. The molecule has 0 spiro atoms. The number of alkyl halides is 2. The van der Waals surface area contributed by atoms with Gasteiger partial charge in [0.2, 0.25) is 0 Å². The highest BCUT2D eigenvalue weighted by Crippen LogP contribution is 2.68. The molecule has 2 heterocycles. The number of rotatable bonds is 6. The Labute approximate surface area is 166 Å². The zero-order valence-corrected chi connectivity index (χ0v) is 16.8. The van der Waals surface area contributed by atoms with E-state index in [4.69, 9.17) is 5.14 Å². The summed E-state index contributed by atoms with van der Waals surface area (Å²) in [6.45, 7) is 2.60. The molecule has 2 aliphatic rings. The van der Waals surface area contributed by atoms with Crippen molar-refractivity contribution < 1.29 is 22.0 Å². The van der Waals surface area contributed by atoms with E-state index in [1.54, 1.807) is 0 Å². The van der Waals surface area contributed by atoms with Crippen LogP contribution in [0.15, 0.2) is 23.4 Å². The fraction of sp³-hybridized carbons (Fsp3) is 0.500. The van der Waals surface area contributed by atoms with Crippen LogP contribution in [0.25, 0.3) is 0 Å². The summed E-state index contributed by atoms with van der Waals surface area (Å²) < 4.78 is 52.4. The number of nitrogens with two attached hydrogens (primary N) is 1. The fourth-order valence-corrected chi connectivity index (χ4v) is 4.67. The summed E-state index contributed by atoms with van der Waals surface area (Å²) in [5.41, 5.74) is -0.0932. The Kier molecular flexibility index (Phi) is 4.32. The van der Waals surface area contributed by atoms with Crippen LogP contribution >= 0.6 is 0 Å². The van der Waals surface area contributed by atoms with Crippen molar-refractivity contribution >= 4 is 21.6 Å². The van der Waals surface area contributed by atoms with Crippen molar-refractivity contribution in [2.45, 2.75) is 50.6 Å². The van der Waals surface area contributed by atoms with Crippen molar-refractivity contribution in [1.82, 2.24) is 14.8 Å². The van der Waals surface area contributed by atoms with E-state index in [1.165, 1.54) is 23.9 Å². The quantitative estimate of drug-likeness (QED) is 0.736. The molecule has 11 heteroatoms. The lowest BCUT2D eigenvalue weighted by molar-refractivity contribution is 0.0112. The maximum Gasteiger partial charge on any atom is 0.289 e. The van der Waals surface area contributed by atoms with Crippen LogP contribution in [0.1, 0.15) is 47.9 Å². The SMILES string of the molecule is Cc1c(C(C)(F)F)nn(CC23CCC2C3)c1C(=O)Nc1ccnc(S(N)(=O)=O)c1. The number of fused-ring (bicyclic) bond motifs is 1. The van der Waals surface area contributed by atoms with E-state index in [2.05, 4.69) is 15.4 Å². The van der Waals surface area contributed by atoms with Crippen molar-refractivity contribution in [3.63, 3.8) is 0 Å². The van der Waals surface area contributed by atoms with Crippen LogP contribution in [0.4, 0.5) is 14.5 Å². The molecule has 8 nitrogen and oxygen atoms in total. The lowest BCUT2D eigenvalue weighted by Gasteiger charge is -2.26. The molecule has 0 saturated heterocycles. The molecule has 1 amide bonds. The third-order valence-corrected chi connectivity index (χ3v) is 6.72. The second-order valence-electron chi connectivity index (χ2n) is 8.05. The van der Waals surface area contributed by atoms with E-state index in [0.717, 1.165) is 32.3 Å². The van der Waals surface area contributed by atoms with E-state index < -0.39 is 32.6 Å². The lowest BCUT2D eigenvalue weighted by atomic mass is 9.85. The van der Waals surface area contributed by atoms with Gasteiger partial charge < -0.3 is 5.32 Å². The van der Waals surface area contributed by atoms with Crippen LogP contribution in [-0.2, 0) is 22.5 Å². The summed E-state index contributed by atoms with van der Waals surface area (Å²) in [4.78, 5) is 16.6. The number of sulfonamides is 1. The Morgan fingerprint density at radius 3 is 2.72 bits per heavy atom. The van der Waals surface area contributed by atoms with Gasteiger partial charge in [-0.05, 0) is 43.6 Å². The normalized spacial score (nSPS) is 23.3. The maximum atomic E-state index is 14.0. The Bertz CT molecular complexity index is 1110. The second kappa shape index (κ2) is 6.30. The summed E-state index contributed by atoms with van der Waals surface area (Å²) in [5, 5.41) is 11.3. The highest BCUT2D eigenvalue weighted by Gasteiger charge is 2.61. The average molecular weight is 425 g/mol. The minimum Gasteiger partial charge on any atom is -0.321 e. The number of nitrogens with one attached hydrogen (secondary N) is 1. The number of anilines is 1. The zero-order chi connectivity index (χ0) is 21.2. The van der Waals surface area contributed by atoms with Gasteiger partial charge in [-0.1, -0.05) is 0 Å². The van der Waals surface area contributed by atoms with Crippen LogP contribution in [0.5, 0.6) is 0 Å². The molecule has 3 N–H and O–H groups in total. The van der Waals surface area contributed by atoms with Gasteiger partial charge in [0, 0.05) is 37.0 Å². The van der Waals surface area contributed by atoms with Crippen molar-refractivity contribution in [1.29, 1.82) is 0 Å². The number of pyridine rings is 1. The van der Waals surface area contributed by atoms with E-state index >= 15 is 0 Å². The van der Waals surface area contributed by atoms with Gasteiger partial charge in [0.1, 0.15) is 11.4 Å². The number of amides is 1. The van der Waals surface area contributed by atoms with Crippen LogP contribution in [-0.4, -0.2) is 29.1 Å². The monoisotopic (exact) mass is 425 g/mol. The zero-order valence-electron chi connectivity index (χ0n) is 15.9. The van der Waals surface area contributed by atoms with Gasteiger partial charge in [0.15, 0.2) is 5.03 Å². The average Bonchev–Trinajstić information content (AvgIpc) is 2.94. The molecule has 2 unspecified atom stereocenters. The summed E-state index contributed by atoms with van der Waals surface area (Å²) in [7, 11) is -4.05. The molecule has 2 fully saturated rings. The van der Waals surface area contributed by atoms with Gasteiger partial charge in [-0.25, -0.2) is 18.5 Å². The molecule has 4 rings (SSSR count).